The quantitative estimate of drug-likeness (QED) is 0.598. The van der Waals surface area contributed by atoms with Gasteiger partial charge < -0.3 is 19.3 Å². The first-order valence-electron chi connectivity index (χ1n) is 10.3. The Bertz CT molecular complexity index is 971. The normalized spacial score (nSPS) is 21.2. The van der Waals surface area contributed by atoms with Crippen molar-refractivity contribution >= 4 is 23.5 Å². The molecule has 162 valence electrons. The van der Waals surface area contributed by atoms with E-state index in [9.17, 15) is 9.59 Å². The number of para-hydroxylation sites is 2. The maximum atomic E-state index is 12.9. The van der Waals surface area contributed by atoms with E-state index in [0.717, 1.165) is 30.1 Å². The van der Waals surface area contributed by atoms with Gasteiger partial charge in [-0.1, -0.05) is 42.5 Å². The van der Waals surface area contributed by atoms with Crippen molar-refractivity contribution in [1.82, 2.24) is 10.2 Å². The predicted molar refractivity (Wildman–Crippen MR) is 117 cm³/mol. The first-order chi connectivity index (χ1) is 15.1. The first kappa shape index (κ1) is 20.7. The van der Waals surface area contributed by atoms with E-state index in [-0.39, 0.29) is 0 Å². The minimum atomic E-state index is -1.01. The molecular formula is C23H26N4O4. The lowest BCUT2D eigenvalue weighted by Gasteiger charge is -2.40. The highest BCUT2D eigenvalue weighted by Crippen LogP contribution is 2.32. The topological polar surface area (TPSA) is 83.5 Å². The number of hydrogen-bond acceptors (Lipinski definition) is 7. The molecule has 4 rings (SSSR count). The number of anilines is 1. The minimum absolute atomic E-state index is 0.391. The standard InChI is InChI=1S/C23H26N4O4/c1-30-18-11-7-6-10-17(18)26-12-14-27(15-13-26)23-24-20(16-8-4-3-5-9-16)19(21(28)25-23)22(29)31-2/h3-11,19-20H,12-15H2,1-2H3,(H,24,25,28)/t19-,20+/m0/s1. The lowest BCUT2D eigenvalue weighted by Crippen LogP contribution is -2.57. The monoisotopic (exact) mass is 422 g/mol. The smallest absolute Gasteiger partial charge is 0.320 e. The van der Waals surface area contributed by atoms with Gasteiger partial charge in [-0.25, -0.2) is 4.99 Å². The molecule has 0 aliphatic carbocycles. The van der Waals surface area contributed by atoms with Crippen LogP contribution in [0.3, 0.4) is 0 Å². The van der Waals surface area contributed by atoms with E-state index in [1.165, 1.54) is 7.11 Å². The number of piperazine rings is 1. The number of nitrogens with one attached hydrogen (secondary N) is 1. The Balaban J connectivity index is 1.55. The minimum Gasteiger partial charge on any atom is -0.495 e. The van der Waals surface area contributed by atoms with Gasteiger partial charge in [0, 0.05) is 26.2 Å². The first-order valence-corrected chi connectivity index (χ1v) is 10.3. The zero-order valence-corrected chi connectivity index (χ0v) is 17.7. The van der Waals surface area contributed by atoms with Crippen LogP contribution < -0.4 is 15.0 Å². The Morgan fingerprint density at radius 2 is 1.61 bits per heavy atom. The Morgan fingerprint density at radius 3 is 2.29 bits per heavy atom. The summed E-state index contributed by atoms with van der Waals surface area (Å²) in [4.78, 5) is 34.3. The van der Waals surface area contributed by atoms with E-state index >= 15 is 0 Å². The van der Waals surface area contributed by atoms with Crippen molar-refractivity contribution in [3.05, 3.63) is 60.2 Å². The summed E-state index contributed by atoms with van der Waals surface area (Å²) >= 11 is 0. The number of aliphatic imine (C=N–C) groups is 1. The Kier molecular flexibility index (Phi) is 6.06. The second-order valence-electron chi connectivity index (χ2n) is 7.44. The summed E-state index contributed by atoms with van der Waals surface area (Å²) in [5, 5.41) is 2.82. The number of ether oxygens (including phenoxy) is 2. The van der Waals surface area contributed by atoms with E-state index in [1.54, 1.807) is 7.11 Å². The highest BCUT2D eigenvalue weighted by atomic mass is 16.5. The Labute approximate surface area is 181 Å². The molecule has 2 aliphatic rings. The van der Waals surface area contributed by atoms with Crippen LogP contribution in [0.25, 0.3) is 0 Å². The fraction of sp³-hybridized carbons (Fsp3) is 0.348. The molecule has 2 atom stereocenters. The van der Waals surface area contributed by atoms with Crippen LogP contribution in [0.4, 0.5) is 5.69 Å². The van der Waals surface area contributed by atoms with Crippen LogP contribution in [-0.4, -0.2) is 63.1 Å². The van der Waals surface area contributed by atoms with Crippen molar-refractivity contribution in [2.24, 2.45) is 10.9 Å². The van der Waals surface area contributed by atoms with Gasteiger partial charge in [-0.15, -0.1) is 0 Å². The zero-order chi connectivity index (χ0) is 21.8. The number of rotatable bonds is 4. The number of hydrogen-bond donors (Lipinski definition) is 1. The van der Waals surface area contributed by atoms with Crippen LogP contribution in [0.1, 0.15) is 11.6 Å². The summed E-state index contributed by atoms with van der Waals surface area (Å²) in [6, 6.07) is 16.7. The van der Waals surface area contributed by atoms with Crippen molar-refractivity contribution < 1.29 is 19.1 Å². The summed E-state index contributed by atoms with van der Waals surface area (Å²) in [5.74, 6) is -0.651. The molecule has 0 aromatic heterocycles. The average molecular weight is 422 g/mol. The molecule has 0 unspecified atom stereocenters. The summed E-state index contributed by atoms with van der Waals surface area (Å²) in [6.07, 6.45) is 0. The van der Waals surface area contributed by atoms with E-state index in [4.69, 9.17) is 14.5 Å². The molecule has 8 heteroatoms. The molecule has 0 spiro atoms. The van der Waals surface area contributed by atoms with Crippen LogP contribution in [0.15, 0.2) is 59.6 Å². The van der Waals surface area contributed by atoms with E-state index in [2.05, 4.69) is 10.2 Å². The number of carbonyl (C=O) groups is 2. The molecule has 0 radical (unpaired) electrons. The Hall–Kier alpha value is -3.55. The van der Waals surface area contributed by atoms with E-state index in [0.29, 0.717) is 19.0 Å². The van der Waals surface area contributed by atoms with Gasteiger partial charge >= 0.3 is 5.97 Å². The third-order valence-corrected chi connectivity index (χ3v) is 5.70. The predicted octanol–water partition coefficient (Wildman–Crippen LogP) is 1.83. The highest BCUT2D eigenvalue weighted by Gasteiger charge is 2.42. The van der Waals surface area contributed by atoms with Crippen LogP contribution >= 0.6 is 0 Å². The fourth-order valence-corrected chi connectivity index (χ4v) is 4.06. The molecule has 0 saturated carbocycles. The van der Waals surface area contributed by atoms with Crippen molar-refractivity contribution in [2.75, 3.05) is 45.3 Å². The molecule has 2 aliphatic heterocycles. The number of esters is 1. The molecule has 2 aromatic rings. The summed E-state index contributed by atoms with van der Waals surface area (Å²) in [6.45, 7) is 2.88. The van der Waals surface area contributed by atoms with Gasteiger partial charge in [0.15, 0.2) is 5.92 Å². The molecule has 1 fully saturated rings. The van der Waals surface area contributed by atoms with Gasteiger partial charge in [0.25, 0.3) is 0 Å². The molecule has 2 aromatic carbocycles. The van der Waals surface area contributed by atoms with Crippen molar-refractivity contribution in [3.63, 3.8) is 0 Å². The second-order valence-corrected chi connectivity index (χ2v) is 7.44. The van der Waals surface area contributed by atoms with Crippen molar-refractivity contribution in [1.29, 1.82) is 0 Å². The molecular weight excluding hydrogens is 396 g/mol. The average Bonchev–Trinajstić information content (AvgIpc) is 2.83. The van der Waals surface area contributed by atoms with Crippen LogP contribution in [-0.2, 0) is 14.3 Å². The third kappa shape index (κ3) is 4.19. The second kappa shape index (κ2) is 9.07. The largest absolute Gasteiger partial charge is 0.495 e. The number of methoxy groups -OCH3 is 2. The molecule has 31 heavy (non-hydrogen) atoms. The molecule has 1 N–H and O–H groups in total. The third-order valence-electron chi connectivity index (χ3n) is 5.70. The summed E-state index contributed by atoms with van der Waals surface area (Å²) < 4.78 is 10.4. The number of guanidine groups is 1. The van der Waals surface area contributed by atoms with Gasteiger partial charge in [-0.3, -0.25) is 14.9 Å². The zero-order valence-electron chi connectivity index (χ0n) is 17.7. The molecule has 0 bridgehead atoms. The Morgan fingerprint density at radius 1 is 0.968 bits per heavy atom. The fourth-order valence-electron chi connectivity index (χ4n) is 4.06. The van der Waals surface area contributed by atoms with E-state index < -0.39 is 23.8 Å². The summed E-state index contributed by atoms with van der Waals surface area (Å²) in [5.41, 5.74) is 1.85. The number of benzene rings is 2. The highest BCUT2D eigenvalue weighted by molar-refractivity contribution is 6.08. The van der Waals surface area contributed by atoms with Gasteiger partial charge in [0.2, 0.25) is 11.9 Å². The van der Waals surface area contributed by atoms with Gasteiger partial charge in [-0.2, -0.15) is 0 Å². The van der Waals surface area contributed by atoms with Crippen molar-refractivity contribution in [3.8, 4) is 5.75 Å². The molecule has 1 saturated heterocycles. The van der Waals surface area contributed by atoms with Crippen molar-refractivity contribution in [2.45, 2.75) is 6.04 Å². The molecule has 8 nitrogen and oxygen atoms in total. The van der Waals surface area contributed by atoms with Gasteiger partial charge in [0.05, 0.1) is 19.9 Å². The number of amides is 1. The van der Waals surface area contributed by atoms with Gasteiger partial charge in [0.1, 0.15) is 11.8 Å². The maximum Gasteiger partial charge on any atom is 0.320 e. The number of carbonyl (C=O) groups excluding carboxylic acids is 2. The molecule has 1 amide bonds. The van der Waals surface area contributed by atoms with Crippen LogP contribution in [0, 0.1) is 5.92 Å². The van der Waals surface area contributed by atoms with Crippen LogP contribution in [0.2, 0.25) is 0 Å². The molecule has 2 heterocycles. The maximum absolute atomic E-state index is 12.9. The lowest BCUT2D eigenvalue weighted by molar-refractivity contribution is -0.151. The van der Waals surface area contributed by atoms with E-state index in [1.807, 2.05) is 59.5 Å². The summed E-state index contributed by atoms with van der Waals surface area (Å²) in [7, 11) is 2.96. The lowest BCUT2D eigenvalue weighted by atomic mass is 9.91. The SMILES string of the molecule is COC(=O)[C@@H]1C(=O)NC(N2CCN(c3ccccc3OC)CC2)=N[C@@H]1c1ccccc1. The number of nitrogens with zero attached hydrogens (tertiary/aromatic N) is 3. The van der Waals surface area contributed by atoms with Crippen LogP contribution in [0.5, 0.6) is 5.75 Å². The van der Waals surface area contributed by atoms with Gasteiger partial charge in [-0.05, 0) is 17.7 Å².